The van der Waals surface area contributed by atoms with Gasteiger partial charge in [0.25, 0.3) is 5.78 Å². The minimum absolute atomic E-state index is 0.653. The number of aryl methyl sites for hydroxylation is 1. The maximum Gasteiger partial charge on any atom is 0.254 e. The van der Waals surface area contributed by atoms with E-state index in [9.17, 15) is 0 Å². The van der Waals surface area contributed by atoms with Gasteiger partial charge in [-0.3, -0.25) is 4.40 Å². The number of rotatable bonds is 0. The van der Waals surface area contributed by atoms with Crippen LogP contribution in [0.5, 0.6) is 0 Å². The SMILES string of the molecule is Cc1nnc2ncccn12. The van der Waals surface area contributed by atoms with Crippen molar-refractivity contribution in [3.63, 3.8) is 0 Å². The van der Waals surface area contributed by atoms with Gasteiger partial charge in [0.15, 0.2) is 0 Å². The van der Waals surface area contributed by atoms with Gasteiger partial charge in [0.05, 0.1) is 0 Å². The molecule has 0 aliphatic heterocycles. The lowest BCUT2D eigenvalue weighted by molar-refractivity contribution is 1.00. The van der Waals surface area contributed by atoms with Crippen LogP contribution in [0.4, 0.5) is 0 Å². The Labute approximate surface area is 57.5 Å². The molecule has 10 heavy (non-hydrogen) atoms. The van der Waals surface area contributed by atoms with Crippen molar-refractivity contribution in [1.82, 2.24) is 19.6 Å². The van der Waals surface area contributed by atoms with Crippen LogP contribution in [0, 0.1) is 6.92 Å². The van der Waals surface area contributed by atoms with Gasteiger partial charge in [-0.2, -0.15) is 0 Å². The number of hydrogen-bond acceptors (Lipinski definition) is 3. The molecule has 0 bridgehead atoms. The second kappa shape index (κ2) is 1.76. The van der Waals surface area contributed by atoms with Crippen molar-refractivity contribution in [2.24, 2.45) is 0 Å². The van der Waals surface area contributed by atoms with E-state index in [4.69, 9.17) is 0 Å². The molecule has 0 radical (unpaired) electrons. The van der Waals surface area contributed by atoms with E-state index in [1.54, 1.807) is 6.20 Å². The molecule has 4 heteroatoms. The van der Waals surface area contributed by atoms with Gasteiger partial charge in [-0.05, 0) is 13.0 Å². The molecule has 2 aromatic heterocycles. The molecule has 2 heterocycles. The number of nitrogens with zero attached hydrogens (tertiary/aromatic N) is 4. The van der Waals surface area contributed by atoms with Crippen LogP contribution in [0.3, 0.4) is 0 Å². The van der Waals surface area contributed by atoms with Gasteiger partial charge in [-0.15, -0.1) is 10.2 Å². The van der Waals surface area contributed by atoms with Crippen molar-refractivity contribution < 1.29 is 0 Å². The normalized spacial score (nSPS) is 10.5. The Balaban J connectivity index is 2.93. The van der Waals surface area contributed by atoms with Crippen LogP contribution in [0.25, 0.3) is 5.78 Å². The van der Waals surface area contributed by atoms with Crippen molar-refractivity contribution in [2.45, 2.75) is 6.92 Å². The number of aromatic nitrogens is 4. The van der Waals surface area contributed by atoms with E-state index in [-0.39, 0.29) is 0 Å². The summed E-state index contributed by atoms with van der Waals surface area (Å²) in [7, 11) is 0. The fraction of sp³-hybridized carbons (Fsp3) is 0.167. The average Bonchev–Trinajstić information content (AvgIpc) is 2.34. The fourth-order valence-electron chi connectivity index (χ4n) is 0.855. The van der Waals surface area contributed by atoms with Gasteiger partial charge in [0, 0.05) is 12.4 Å². The van der Waals surface area contributed by atoms with Crippen LogP contribution in [0.2, 0.25) is 0 Å². The zero-order chi connectivity index (χ0) is 6.97. The first kappa shape index (κ1) is 5.34. The summed E-state index contributed by atoms with van der Waals surface area (Å²) in [6, 6.07) is 1.85. The highest BCUT2D eigenvalue weighted by atomic mass is 15.3. The molecule has 0 N–H and O–H groups in total. The predicted octanol–water partition coefficient (Wildman–Crippen LogP) is 0.433. The summed E-state index contributed by atoms with van der Waals surface area (Å²) in [5, 5.41) is 7.67. The summed E-state index contributed by atoms with van der Waals surface area (Å²) in [5.41, 5.74) is 0. The molecule has 0 amide bonds. The third kappa shape index (κ3) is 0.586. The van der Waals surface area contributed by atoms with Crippen LogP contribution < -0.4 is 0 Å². The zero-order valence-electron chi connectivity index (χ0n) is 5.52. The van der Waals surface area contributed by atoms with E-state index in [1.165, 1.54) is 0 Å². The maximum atomic E-state index is 3.99. The second-order valence-electron chi connectivity index (χ2n) is 2.04. The summed E-state index contributed by atoms with van der Waals surface area (Å²) in [4.78, 5) is 3.99. The van der Waals surface area contributed by atoms with Crippen molar-refractivity contribution >= 4 is 5.78 Å². The number of hydrogen-bond donors (Lipinski definition) is 0. The topological polar surface area (TPSA) is 43.1 Å². The minimum atomic E-state index is 0.653. The standard InChI is InChI=1S/C6H6N4/c1-5-8-9-6-7-3-2-4-10(5)6/h2-4H,1H3. The summed E-state index contributed by atoms with van der Waals surface area (Å²) < 4.78 is 1.83. The van der Waals surface area contributed by atoms with Crippen LogP contribution >= 0.6 is 0 Å². The summed E-state index contributed by atoms with van der Waals surface area (Å²) >= 11 is 0. The Bertz CT molecular complexity index is 351. The Morgan fingerprint density at radius 3 is 3.10 bits per heavy atom. The molecule has 0 saturated heterocycles. The highest BCUT2D eigenvalue weighted by Crippen LogP contribution is 1.95. The maximum absolute atomic E-state index is 3.99. The van der Waals surface area contributed by atoms with E-state index in [2.05, 4.69) is 15.2 Å². The van der Waals surface area contributed by atoms with Gasteiger partial charge >= 0.3 is 0 Å². The molecule has 0 saturated carbocycles. The molecule has 0 aromatic carbocycles. The lowest BCUT2D eigenvalue weighted by Crippen LogP contribution is -1.87. The Kier molecular flexibility index (Phi) is 0.943. The molecule has 0 unspecified atom stereocenters. The van der Waals surface area contributed by atoms with Crippen LogP contribution in [0.15, 0.2) is 18.5 Å². The van der Waals surface area contributed by atoms with E-state index in [0.29, 0.717) is 5.78 Å². The average molecular weight is 134 g/mol. The quantitative estimate of drug-likeness (QED) is 0.524. The summed E-state index contributed by atoms with van der Waals surface area (Å²) in [6.45, 7) is 1.89. The summed E-state index contributed by atoms with van der Waals surface area (Å²) in [5.74, 6) is 1.52. The third-order valence-corrected chi connectivity index (χ3v) is 1.36. The Morgan fingerprint density at radius 2 is 2.30 bits per heavy atom. The van der Waals surface area contributed by atoms with E-state index in [1.807, 2.05) is 23.6 Å². The highest BCUT2D eigenvalue weighted by molar-refractivity contribution is 5.25. The lowest BCUT2D eigenvalue weighted by atomic mass is 10.6. The van der Waals surface area contributed by atoms with Gasteiger partial charge in [-0.1, -0.05) is 0 Å². The van der Waals surface area contributed by atoms with Gasteiger partial charge < -0.3 is 0 Å². The smallest absolute Gasteiger partial charge is 0.254 e. The molecular formula is C6H6N4. The van der Waals surface area contributed by atoms with E-state index >= 15 is 0 Å². The molecule has 2 aromatic rings. The first-order valence-electron chi connectivity index (χ1n) is 3.00. The largest absolute Gasteiger partial charge is 0.271 e. The molecule has 0 spiro atoms. The van der Waals surface area contributed by atoms with Gasteiger partial charge in [0.2, 0.25) is 0 Å². The van der Waals surface area contributed by atoms with Crippen molar-refractivity contribution in [3.05, 3.63) is 24.3 Å². The molecule has 0 atom stereocenters. The molecule has 2 rings (SSSR count). The molecule has 0 aliphatic carbocycles. The molecule has 0 aliphatic rings. The first-order valence-corrected chi connectivity index (χ1v) is 3.00. The van der Waals surface area contributed by atoms with E-state index in [0.717, 1.165) is 5.82 Å². The monoisotopic (exact) mass is 134 g/mol. The first-order chi connectivity index (χ1) is 4.88. The van der Waals surface area contributed by atoms with Crippen molar-refractivity contribution in [1.29, 1.82) is 0 Å². The fourth-order valence-corrected chi connectivity index (χ4v) is 0.855. The second-order valence-corrected chi connectivity index (χ2v) is 2.04. The van der Waals surface area contributed by atoms with Crippen LogP contribution in [0.1, 0.15) is 5.82 Å². The lowest BCUT2D eigenvalue weighted by Gasteiger charge is -1.88. The van der Waals surface area contributed by atoms with Gasteiger partial charge in [0.1, 0.15) is 5.82 Å². The Morgan fingerprint density at radius 1 is 1.40 bits per heavy atom. The molecular weight excluding hydrogens is 128 g/mol. The molecule has 0 fully saturated rings. The predicted molar refractivity (Wildman–Crippen MR) is 35.5 cm³/mol. The van der Waals surface area contributed by atoms with Crippen molar-refractivity contribution in [3.8, 4) is 0 Å². The minimum Gasteiger partial charge on any atom is -0.271 e. The molecule has 50 valence electrons. The number of fused-ring (bicyclic) bond motifs is 1. The zero-order valence-corrected chi connectivity index (χ0v) is 5.52. The van der Waals surface area contributed by atoms with Crippen LogP contribution in [-0.4, -0.2) is 19.6 Å². The third-order valence-electron chi connectivity index (χ3n) is 1.36. The Hall–Kier alpha value is -1.45. The van der Waals surface area contributed by atoms with Gasteiger partial charge in [-0.25, -0.2) is 4.98 Å². The highest BCUT2D eigenvalue weighted by Gasteiger charge is 1.96. The molecule has 4 nitrogen and oxygen atoms in total. The van der Waals surface area contributed by atoms with Crippen molar-refractivity contribution in [2.75, 3.05) is 0 Å². The van der Waals surface area contributed by atoms with E-state index < -0.39 is 0 Å². The van der Waals surface area contributed by atoms with Crippen LogP contribution in [-0.2, 0) is 0 Å². The summed E-state index contributed by atoms with van der Waals surface area (Å²) in [6.07, 6.45) is 3.58.